The largest absolute Gasteiger partial charge is 0.322 e. The summed E-state index contributed by atoms with van der Waals surface area (Å²) in [5.74, 6) is 0.306. The van der Waals surface area contributed by atoms with Crippen molar-refractivity contribution in [2.24, 2.45) is 0 Å². The molecular formula is C26H28N2O. The second kappa shape index (κ2) is 8.62. The summed E-state index contributed by atoms with van der Waals surface area (Å²) in [6, 6.07) is 24.7. The monoisotopic (exact) mass is 384 g/mol. The number of hydrogen-bond donors (Lipinski definition) is 1. The molecule has 3 aromatic carbocycles. The summed E-state index contributed by atoms with van der Waals surface area (Å²) in [5, 5.41) is 3.07. The van der Waals surface area contributed by atoms with Crippen LogP contribution in [0.15, 0.2) is 72.8 Å². The highest BCUT2D eigenvalue weighted by atomic mass is 16.1. The number of nitrogens with zero attached hydrogens (tertiary/aromatic N) is 1. The van der Waals surface area contributed by atoms with E-state index in [2.05, 4.69) is 66.5 Å². The van der Waals surface area contributed by atoms with E-state index in [1.165, 1.54) is 16.7 Å². The molecule has 1 amide bonds. The fourth-order valence-corrected chi connectivity index (χ4v) is 4.02. The first-order valence-electron chi connectivity index (χ1n) is 10.4. The number of nitrogens with one attached hydrogen (secondary N) is 1. The van der Waals surface area contributed by atoms with Gasteiger partial charge in [0.2, 0.25) is 0 Å². The predicted molar refractivity (Wildman–Crippen MR) is 119 cm³/mol. The van der Waals surface area contributed by atoms with E-state index in [1.807, 2.05) is 30.3 Å². The molecule has 148 valence electrons. The standard InChI is InChI=1S/C26H28N2O/c1-19(2)24-9-5-6-10-25(24)27-26(29)22-13-11-20(12-14-22)17-28-16-15-21-7-3-4-8-23(21)18-28/h3-14,19H,15-18H2,1-2H3,(H,27,29). The molecule has 29 heavy (non-hydrogen) atoms. The van der Waals surface area contributed by atoms with Crippen molar-refractivity contribution in [1.29, 1.82) is 0 Å². The van der Waals surface area contributed by atoms with Crippen LogP contribution in [0.3, 0.4) is 0 Å². The lowest BCUT2D eigenvalue weighted by Crippen LogP contribution is -2.29. The molecule has 0 fully saturated rings. The van der Waals surface area contributed by atoms with Gasteiger partial charge in [-0.05, 0) is 52.8 Å². The van der Waals surface area contributed by atoms with E-state index >= 15 is 0 Å². The van der Waals surface area contributed by atoms with E-state index in [0.29, 0.717) is 11.5 Å². The zero-order valence-electron chi connectivity index (χ0n) is 17.2. The molecule has 0 saturated heterocycles. The summed E-state index contributed by atoms with van der Waals surface area (Å²) in [7, 11) is 0. The number of para-hydroxylation sites is 1. The Morgan fingerprint density at radius 3 is 2.38 bits per heavy atom. The zero-order valence-corrected chi connectivity index (χ0v) is 17.2. The maximum Gasteiger partial charge on any atom is 0.255 e. The van der Waals surface area contributed by atoms with Crippen molar-refractivity contribution in [2.45, 2.75) is 39.3 Å². The SMILES string of the molecule is CC(C)c1ccccc1NC(=O)c1ccc(CN2CCc3ccccc3C2)cc1. The number of rotatable bonds is 5. The molecular weight excluding hydrogens is 356 g/mol. The predicted octanol–water partition coefficient (Wildman–Crippen LogP) is 5.62. The van der Waals surface area contributed by atoms with Gasteiger partial charge in [0.1, 0.15) is 0 Å². The minimum Gasteiger partial charge on any atom is -0.322 e. The van der Waals surface area contributed by atoms with Gasteiger partial charge in [-0.3, -0.25) is 9.69 Å². The first-order chi connectivity index (χ1) is 14.1. The van der Waals surface area contributed by atoms with Gasteiger partial charge in [0.15, 0.2) is 0 Å². The maximum absolute atomic E-state index is 12.7. The highest BCUT2D eigenvalue weighted by molar-refractivity contribution is 6.04. The molecule has 0 spiro atoms. The number of anilines is 1. The van der Waals surface area contributed by atoms with Crippen molar-refractivity contribution in [3.63, 3.8) is 0 Å². The van der Waals surface area contributed by atoms with Crippen LogP contribution in [-0.2, 0) is 19.5 Å². The fraction of sp³-hybridized carbons (Fsp3) is 0.269. The summed E-state index contributed by atoms with van der Waals surface area (Å²) in [6.45, 7) is 7.25. The molecule has 1 aliphatic rings. The van der Waals surface area contributed by atoms with Crippen LogP contribution in [0, 0.1) is 0 Å². The Balaban J connectivity index is 1.40. The normalized spacial score (nSPS) is 13.9. The molecule has 0 radical (unpaired) electrons. The van der Waals surface area contributed by atoms with Gasteiger partial charge in [-0.15, -0.1) is 0 Å². The van der Waals surface area contributed by atoms with Gasteiger partial charge in [-0.1, -0.05) is 68.4 Å². The van der Waals surface area contributed by atoms with E-state index in [4.69, 9.17) is 0 Å². The molecule has 0 bridgehead atoms. The van der Waals surface area contributed by atoms with Crippen molar-refractivity contribution >= 4 is 11.6 Å². The fourth-order valence-electron chi connectivity index (χ4n) is 4.02. The molecule has 1 heterocycles. The second-order valence-electron chi connectivity index (χ2n) is 8.12. The van der Waals surface area contributed by atoms with Gasteiger partial charge >= 0.3 is 0 Å². The average Bonchev–Trinajstić information content (AvgIpc) is 2.74. The molecule has 0 saturated carbocycles. The number of carbonyl (C=O) groups is 1. The molecule has 1 aliphatic heterocycles. The van der Waals surface area contributed by atoms with E-state index < -0.39 is 0 Å². The molecule has 3 heteroatoms. The number of hydrogen-bond acceptors (Lipinski definition) is 2. The van der Waals surface area contributed by atoms with Crippen LogP contribution in [-0.4, -0.2) is 17.4 Å². The molecule has 4 rings (SSSR count). The Bertz CT molecular complexity index is 992. The number of amides is 1. The third kappa shape index (κ3) is 4.57. The quantitative estimate of drug-likeness (QED) is 0.619. The molecule has 0 aromatic heterocycles. The van der Waals surface area contributed by atoms with Crippen molar-refractivity contribution in [3.8, 4) is 0 Å². The van der Waals surface area contributed by atoms with E-state index in [-0.39, 0.29) is 5.91 Å². The molecule has 1 N–H and O–H groups in total. The summed E-state index contributed by atoms with van der Waals surface area (Å²) < 4.78 is 0. The van der Waals surface area contributed by atoms with Gasteiger partial charge < -0.3 is 5.32 Å². The third-order valence-corrected chi connectivity index (χ3v) is 5.66. The lowest BCUT2D eigenvalue weighted by molar-refractivity contribution is 0.102. The lowest BCUT2D eigenvalue weighted by atomic mass is 9.99. The Labute approximate surface area is 173 Å². The minimum absolute atomic E-state index is 0.0588. The van der Waals surface area contributed by atoms with Crippen LogP contribution >= 0.6 is 0 Å². The van der Waals surface area contributed by atoms with Crippen LogP contribution in [0.2, 0.25) is 0 Å². The summed E-state index contributed by atoms with van der Waals surface area (Å²) in [5.41, 5.74) is 6.88. The van der Waals surface area contributed by atoms with Crippen molar-refractivity contribution in [3.05, 3.63) is 101 Å². The summed E-state index contributed by atoms with van der Waals surface area (Å²) in [6.07, 6.45) is 1.10. The average molecular weight is 385 g/mol. The van der Waals surface area contributed by atoms with Gasteiger partial charge in [-0.2, -0.15) is 0 Å². The second-order valence-corrected chi connectivity index (χ2v) is 8.12. The van der Waals surface area contributed by atoms with Crippen molar-refractivity contribution in [2.75, 3.05) is 11.9 Å². The molecule has 0 unspecified atom stereocenters. The lowest BCUT2D eigenvalue weighted by Gasteiger charge is -2.28. The van der Waals surface area contributed by atoms with Gasteiger partial charge in [0.05, 0.1) is 0 Å². The maximum atomic E-state index is 12.7. The van der Waals surface area contributed by atoms with Crippen LogP contribution < -0.4 is 5.32 Å². The summed E-state index contributed by atoms with van der Waals surface area (Å²) >= 11 is 0. The van der Waals surface area contributed by atoms with Crippen LogP contribution in [0.1, 0.15) is 52.4 Å². The zero-order chi connectivity index (χ0) is 20.2. The van der Waals surface area contributed by atoms with E-state index in [9.17, 15) is 4.79 Å². The molecule has 3 nitrogen and oxygen atoms in total. The Hall–Kier alpha value is -2.91. The smallest absolute Gasteiger partial charge is 0.255 e. The number of fused-ring (bicyclic) bond motifs is 1. The van der Waals surface area contributed by atoms with Crippen molar-refractivity contribution < 1.29 is 4.79 Å². The van der Waals surface area contributed by atoms with E-state index in [0.717, 1.165) is 37.3 Å². The van der Waals surface area contributed by atoms with Crippen LogP contribution in [0.4, 0.5) is 5.69 Å². The minimum atomic E-state index is -0.0588. The highest BCUT2D eigenvalue weighted by Crippen LogP contribution is 2.24. The van der Waals surface area contributed by atoms with Crippen LogP contribution in [0.25, 0.3) is 0 Å². The topological polar surface area (TPSA) is 32.3 Å². The van der Waals surface area contributed by atoms with Crippen molar-refractivity contribution in [1.82, 2.24) is 4.90 Å². The van der Waals surface area contributed by atoms with Gasteiger partial charge in [-0.25, -0.2) is 0 Å². The molecule has 3 aromatic rings. The molecule has 0 atom stereocenters. The number of benzene rings is 3. The summed E-state index contributed by atoms with van der Waals surface area (Å²) in [4.78, 5) is 15.2. The highest BCUT2D eigenvalue weighted by Gasteiger charge is 2.16. The Morgan fingerprint density at radius 2 is 1.62 bits per heavy atom. The van der Waals surface area contributed by atoms with Crippen LogP contribution in [0.5, 0.6) is 0 Å². The Morgan fingerprint density at radius 1 is 0.931 bits per heavy atom. The third-order valence-electron chi connectivity index (χ3n) is 5.66. The Kier molecular flexibility index (Phi) is 5.77. The van der Waals surface area contributed by atoms with Gasteiger partial charge in [0.25, 0.3) is 5.91 Å². The first-order valence-corrected chi connectivity index (χ1v) is 10.4. The van der Waals surface area contributed by atoms with Gasteiger partial charge in [0, 0.05) is 30.9 Å². The first kappa shape index (κ1) is 19.4. The molecule has 0 aliphatic carbocycles. The van der Waals surface area contributed by atoms with E-state index in [1.54, 1.807) is 0 Å². The number of carbonyl (C=O) groups excluding carboxylic acids is 1.